The Morgan fingerprint density at radius 3 is 2.78 bits per heavy atom. The zero-order valence-corrected chi connectivity index (χ0v) is 17.2. The van der Waals surface area contributed by atoms with E-state index in [1.54, 1.807) is 12.1 Å². The highest BCUT2D eigenvalue weighted by Gasteiger charge is 2.34. The number of aromatic nitrogens is 1. The first kappa shape index (κ1) is 18.5. The van der Waals surface area contributed by atoms with E-state index in [9.17, 15) is 13.2 Å². The molecule has 4 rings (SSSR count). The van der Waals surface area contributed by atoms with Crippen molar-refractivity contribution in [2.45, 2.75) is 24.0 Å². The summed E-state index contributed by atoms with van der Waals surface area (Å²) in [5, 5.41) is 3.42. The summed E-state index contributed by atoms with van der Waals surface area (Å²) in [5.41, 5.74) is 0.846. The lowest BCUT2D eigenvalue weighted by molar-refractivity contribution is -0.120. The predicted molar refractivity (Wildman–Crippen MR) is 109 cm³/mol. The maximum atomic E-state index is 12.8. The molecule has 0 spiro atoms. The molecular formula is C18H19N3O3S3. The van der Waals surface area contributed by atoms with Crippen molar-refractivity contribution in [2.75, 3.05) is 18.4 Å². The number of carbonyl (C=O) groups is 1. The number of piperidine rings is 1. The number of rotatable bonds is 4. The molecule has 2 aromatic heterocycles. The van der Waals surface area contributed by atoms with E-state index in [0.29, 0.717) is 28.7 Å². The van der Waals surface area contributed by atoms with Gasteiger partial charge in [0.15, 0.2) is 5.13 Å². The van der Waals surface area contributed by atoms with Crippen molar-refractivity contribution < 1.29 is 13.2 Å². The molecule has 0 saturated carbocycles. The lowest BCUT2D eigenvalue weighted by Crippen LogP contribution is -2.43. The summed E-state index contributed by atoms with van der Waals surface area (Å²) in [6.07, 6.45) is 1.34. The molecule has 27 heavy (non-hydrogen) atoms. The van der Waals surface area contributed by atoms with Crippen LogP contribution in [0.3, 0.4) is 0 Å². The Kier molecular flexibility index (Phi) is 5.02. The monoisotopic (exact) mass is 421 g/mol. The number of sulfonamides is 1. The number of amides is 1. The first-order valence-electron chi connectivity index (χ1n) is 8.66. The second-order valence-corrected chi connectivity index (χ2v) is 11.0. The van der Waals surface area contributed by atoms with Crippen LogP contribution in [0.5, 0.6) is 0 Å². The Morgan fingerprint density at radius 1 is 1.22 bits per heavy atom. The number of anilines is 1. The number of hydrogen-bond donors (Lipinski definition) is 1. The second kappa shape index (κ2) is 7.31. The molecule has 1 aliphatic rings. The summed E-state index contributed by atoms with van der Waals surface area (Å²) in [4.78, 5) is 18.1. The topological polar surface area (TPSA) is 79.4 Å². The van der Waals surface area contributed by atoms with Crippen molar-refractivity contribution in [2.24, 2.45) is 5.92 Å². The largest absolute Gasteiger partial charge is 0.302 e. The molecule has 0 unspecified atom stereocenters. The molecule has 3 heterocycles. The first-order chi connectivity index (χ1) is 12.9. The van der Waals surface area contributed by atoms with Gasteiger partial charge in [0.1, 0.15) is 4.21 Å². The van der Waals surface area contributed by atoms with Gasteiger partial charge >= 0.3 is 0 Å². The average Bonchev–Trinajstić information content (AvgIpc) is 3.27. The number of carbonyl (C=O) groups excluding carboxylic acids is 1. The Labute approximate surface area is 165 Å². The van der Waals surface area contributed by atoms with Crippen LogP contribution in [0.4, 0.5) is 5.13 Å². The van der Waals surface area contributed by atoms with Crippen LogP contribution in [0.15, 0.2) is 40.6 Å². The quantitative estimate of drug-likeness (QED) is 0.697. The van der Waals surface area contributed by atoms with Gasteiger partial charge in [0, 0.05) is 18.0 Å². The van der Waals surface area contributed by atoms with Crippen LogP contribution in [-0.2, 0) is 14.8 Å². The fraction of sp³-hybridized carbons (Fsp3) is 0.333. The van der Waals surface area contributed by atoms with Gasteiger partial charge in [-0.1, -0.05) is 23.5 Å². The molecule has 1 fully saturated rings. The number of fused-ring (bicyclic) bond motifs is 1. The minimum atomic E-state index is -3.54. The smallest absolute Gasteiger partial charge is 0.252 e. The van der Waals surface area contributed by atoms with Gasteiger partial charge in [-0.3, -0.25) is 4.79 Å². The molecule has 0 bridgehead atoms. The van der Waals surface area contributed by atoms with Crippen molar-refractivity contribution in [3.63, 3.8) is 0 Å². The Balaban J connectivity index is 1.48. The van der Waals surface area contributed by atoms with Crippen LogP contribution in [0, 0.1) is 12.8 Å². The van der Waals surface area contributed by atoms with Crippen molar-refractivity contribution in [3.8, 4) is 0 Å². The molecule has 1 aromatic carbocycles. The molecular weight excluding hydrogens is 402 g/mol. The molecule has 9 heteroatoms. The summed E-state index contributed by atoms with van der Waals surface area (Å²) in [5.74, 6) is -0.544. The van der Waals surface area contributed by atoms with E-state index in [4.69, 9.17) is 0 Å². The Hall–Kier alpha value is -1.81. The fourth-order valence-electron chi connectivity index (χ4n) is 3.19. The molecule has 3 aromatic rings. The number of para-hydroxylation sites is 1. The number of nitrogens with zero attached hydrogens (tertiary/aromatic N) is 2. The number of nitrogens with one attached hydrogen (secondary N) is 1. The first-order valence-corrected chi connectivity index (χ1v) is 11.7. The number of hydrogen-bond acceptors (Lipinski definition) is 6. The lowest BCUT2D eigenvalue weighted by Gasteiger charge is -2.30. The number of thiophene rings is 1. The molecule has 1 aliphatic heterocycles. The van der Waals surface area contributed by atoms with E-state index in [0.717, 1.165) is 15.1 Å². The average molecular weight is 422 g/mol. The minimum Gasteiger partial charge on any atom is -0.302 e. The zero-order chi connectivity index (χ0) is 19.0. The van der Waals surface area contributed by atoms with Crippen LogP contribution in [-0.4, -0.2) is 36.7 Å². The fourth-order valence-corrected chi connectivity index (χ4v) is 7.02. The summed E-state index contributed by atoms with van der Waals surface area (Å²) in [6.45, 7) is 2.54. The van der Waals surface area contributed by atoms with Crippen molar-refractivity contribution in [1.82, 2.24) is 9.29 Å². The van der Waals surface area contributed by atoms with E-state index in [1.807, 2.05) is 31.2 Å². The highest BCUT2D eigenvalue weighted by molar-refractivity contribution is 7.91. The number of aryl methyl sites for hydroxylation is 1. The van der Waals surface area contributed by atoms with Gasteiger partial charge in [0.25, 0.3) is 10.0 Å². The maximum absolute atomic E-state index is 12.8. The van der Waals surface area contributed by atoms with E-state index in [2.05, 4.69) is 10.3 Å². The SMILES string of the molecule is Cc1ccc(S(=O)(=O)N2CCC[C@@H](C(=O)Nc3nc4ccccc4s3)C2)s1. The molecule has 142 valence electrons. The van der Waals surface area contributed by atoms with Crippen LogP contribution in [0.1, 0.15) is 17.7 Å². The van der Waals surface area contributed by atoms with Gasteiger partial charge in [-0.25, -0.2) is 13.4 Å². The van der Waals surface area contributed by atoms with Crippen molar-refractivity contribution in [3.05, 3.63) is 41.3 Å². The van der Waals surface area contributed by atoms with E-state index in [-0.39, 0.29) is 18.4 Å². The van der Waals surface area contributed by atoms with Crippen molar-refractivity contribution >= 4 is 54.0 Å². The summed E-state index contributed by atoms with van der Waals surface area (Å²) in [7, 11) is -3.54. The molecule has 1 atom stereocenters. The van der Waals surface area contributed by atoms with Crippen LogP contribution >= 0.6 is 22.7 Å². The molecule has 0 radical (unpaired) electrons. The van der Waals surface area contributed by atoms with Crippen LogP contribution < -0.4 is 5.32 Å². The van der Waals surface area contributed by atoms with Gasteiger partial charge in [-0.15, -0.1) is 11.3 Å². The van der Waals surface area contributed by atoms with E-state index in [1.165, 1.54) is 27.0 Å². The Morgan fingerprint density at radius 2 is 2.04 bits per heavy atom. The molecule has 1 amide bonds. The third-order valence-corrected chi connectivity index (χ3v) is 8.87. The maximum Gasteiger partial charge on any atom is 0.252 e. The van der Waals surface area contributed by atoms with Crippen molar-refractivity contribution in [1.29, 1.82) is 0 Å². The standard InChI is InChI=1S/C18H19N3O3S3/c1-12-8-9-16(25-12)27(23,24)21-10-4-5-13(11-21)17(22)20-18-19-14-6-2-3-7-15(14)26-18/h2-3,6-9,13H,4-5,10-11H2,1H3,(H,19,20,22)/t13-/m1/s1. The van der Waals surface area contributed by atoms with E-state index < -0.39 is 10.0 Å². The third kappa shape index (κ3) is 3.77. The van der Waals surface area contributed by atoms with Gasteiger partial charge in [-0.2, -0.15) is 4.31 Å². The lowest BCUT2D eigenvalue weighted by atomic mass is 9.99. The summed E-state index contributed by atoms with van der Waals surface area (Å²) < 4.78 is 28.5. The third-order valence-electron chi connectivity index (χ3n) is 4.59. The molecule has 1 saturated heterocycles. The second-order valence-electron chi connectivity index (χ2n) is 6.54. The normalized spacial score (nSPS) is 18.6. The summed E-state index contributed by atoms with van der Waals surface area (Å²) in [6, 6.07) is 11.1. The molecule has 0 aliphatic carbocycles. The number of benzene rings is 1. The minimum absolute atomic E-state index is 0.170. The van der Waals surface area contributed by atoms with Gasteiger partial charge in [-0.05, 0) is 44.0 Å². The van der Waals surface area contributed by atoms with Gasteiger partial charge in [0.05, 0.1) is 16.1 Å². The summed E-state index contributed by atoms with van der Waals surface area (Å²) >= 11 is 2.69. The highest BCUT2D eigenvalue weighted by Crippen LogP contribution is 2.30. The number of thiazole rings is 1. The van der Waals surface area contributed by atoms with E-state index >= 15 is 0 Å². The van der Waals surface area contributed by atoms with Crippen LogP contribution in [0.2, 0.25) is 0 Å². The molecule has 1 N–H and O–H groups in total. The Bertz CT molecular complexity index is 1050. The predicted octanol–water partition coefficient (Wildman–Crippen LogP) is 3.71. The molecule has 6 nitrogen and oxygen atoms in total. The van der Waals surface area contributed by atoms with Gasteiger partial charge < -0.3 is 5.32 Å². The van der Waals surface area contributed by atoms with Crippen LogP contribution in [0.25, 0.3) is 10.2 Å². The highest BCUT2D eigenvalue weighted by atomic mass is 32.2. The zero-order valence-electron chi connectivity index (χ0n) is 14.7. The van der Waals surface area contributed by atoms with Gasteiger partial charge in [0.2, 0.25) is 5.91 Å².